The Bertz CT molecular complexity index is 576. The monoisotopic (exact) mass is 311 g/mol. The molecule has 8 nitrogen and oxygen atoms in total. The summed E-state index contributed by atoms with van der Waals surface area (Å²) in [6, 6.07) is -0.233. The summed E-state index contributed by atoms with van der Waals surface area (Å²) in [5.41, 5.74) is 0. The van der Waals surface area contributed by atoms with Gasteiger partial charge in [-0.25, -0.2) is 19.7 Å². The van der Waals surface area contributed by atoms with Gasteiger partial charge in [-0.2, -0.15) is 0 Å². The van der Waals surface area contributed by atoms with Gasteiger partial charge in [-0.3, -0.25) is 4.90 Å². The molecule has 0 radical (unpaired) electrons. The van der Waals surface area contributed by atoms with Gasteiger partial charge in [-0.1, -0.05) is 23.1 Å². The first kappa shape index (κ1) is 14.6. The molecule has 2 aromatic heterocycles. The van der Waals surface area contributed by atoms with Crippen LogP contribution in [0.2, 0.25) is 0 Å². The molecule has 0 saturated heterocycles. The number of hydrogen-bond donors (Lipinski definition) is 1. The highest BCUT2D eigenvalue weighted by atomic mass is 32.2. The number of carbonyl (C=O) groups is 1. The number of amides is 2. The van der Waals surface area contributed by atoms with E-state index in [1.807, 2.05) is 6.92 Å². The molecule has 0 aliphatic heterocycles. The summed E-state index contributed by atoms with van der Waals surface area (Å²) in [5.74, 6) is 0.682. The number of thioether (sulfide) groups is 1. The number of anilines is 1. The molecule has 0 saturated carbocycles. The van der Waals surface area contributed by atoms with Crippen molar-refractivity contribution < 1.29 is 4.79 Å². The van der Waals surface area contributed by atoms with Crippen molar-refractivity contribution in [2.45, 2.75) is 16.5 Å². The van der Waals surface area contributed by atoms with E-state index in [-0.39, 0.29) is 11.3 Å². The van der Waals surface area contributed by atoms with Crippen LogP contribution in [-0.4, -0.2) is 45.3 Å². The fraction of sp³-hybridized carbons (Fsp3) is 0.400. The van der Waals surface area contributed by atoms with Crippen LogP contribution >= 0.6 is 23.1 Å². The van der Waals surface area contributed by atoms with Gasteiger partial charge in [0, 0.05) is 14.1 Å². The average Bonchev–Trinajstić information content (AvgIpc) is 2.95. The van der Waals surface area contributed by atoms with Crippen molar-refractivity contribution in [3.8, 4) is 0 Å². The molecule has 20 heavy (non-hydrogen) atoms. The zero-order chi connectivity index (χ0) is 14.5. The molecule has 0 fully saturated rings. The summed E-state index contributed by atoms with van der Waals surface area (Å²) in [7, 11) is 3.21. The maximum absolute atomic E-state index is 11.5. The Labute approximate surface area is 124 Å². The van der Waals surface area contributed by atoms with E-state index >= 15 is 0 Å². The Balaban J connectivity index is 2.05. The van der Waals surface area contributed by atoms with E-state index in [4.69, 9.17) is 0 Å². The van der Waals surface area contributed by atoms with Crippen LogP contribution in [0.25, 0.3) is 0 Å². The highest BCUT2D eigenvalue weighted by Crippen LogP contribution is 2.36. The normalized spacial score (nSPS) is 11.9. The number of nitrogens with one attached hydrogen (secondary N) is 1. The van der Waals surface area contributed by atoms with Gasteiger partial charge in [-0.05, 0) is 6.92 Å². The maximum Gasteiger partial charge on any atom is 0.323 e. The Morgan fingerprint density at radius 3 is 2.75 bits per heavy atom. The molecular weight excluding hydrogens is 298 g/mol. The minimum Gasteiger partial charge on any atom is -0.341 e. The lowest BCUT2D eigenvalue weighted by molar-refractivity contribution is 0.249. The topological polar surface area (TPSA) is 96.8 Å². The second-order valence-electron chi connectivity index (χ2n) is 3.72. The van der Waals surface area contributed by atoms with Gasteiger partial charge in [-0.15, -0.1) is 10.2 Å². The van der Waals surface area contributed by atoms with Crippen LogP contribution < -0.4 is 10.2 Å². The second-order valence-corrected chi connectivity index (χ2v) is 6.27. The summed E-state index contributed by atoms with van der Waals surface area (Å²) in [6.45, 7) is 1.98. The first-order chi connectivity index (χ1) is 9.61. The predicted molar refractivity (Wildman–Crippen MR) is 76.9 cm³/mol. The smallest absolute Gasteiger partial charge is 0.323 e. The molecule has 1 unspecified atom stereocenters. The van der Waals surface area contributed by atoms with Gasteiger partial charge in [0.2, 0.25) is 5.13 Å². The Hall–Kier alpha value is -1.81. The Kier molecular flexibility index (Phi) is 4.79. The largest absolute Gasteiger partial charge is 0.341 e. The number of aromatic nitrogens is 5. The van der Waals surface area contributed by atoms with Crippen molar-refractivity contribution in [1.82, 2.24) is 30.5 Å². The van der Waals surface area contributed by atoms with E-state index in [1.165, 1.54) is 40.7 Å². The van der Waals surface area contributed by atoms with Crippen molar-refractivity contribution in [3.63, 3.8) is 0 Å². The van der Waals surface area contributed by atoms with E-state index in [0.717, 1.165) is 4.34 Å². The molecule has 2 amide bonds. The highest BCUT2D eigenvalue weighted by molar-refractivity contribution is 8.01. The second kappa shape index (κ2) is 6.57. The fourth-order valence-corrected chi connectivity index (χ4v) is 3.31. The van der Waals surface area contributed by atoms with Crippen LogP contribution in [0.4, 0.5) is 9.93 Å². The standard InChI is InChI=1S/C10H13N7OS2/c1-6(7-13-4-12-5-14-7)19-10-16-15-9(20-10)17(3)8(18)11-2/h4-6H,1-3H3,(H,11,18). The summed E-state index contributed by atoms with van der Waals surface area (Å²) >= 11 is 2.83. The third-order valence-electron chi connectivity index (χ3n) is 2.36. The highest BCUT2D eigenvalue weighted by Gasteiger charge is 2.17. The molecule has 2 aromatic rings. The fourth-order valence-electron chi connectivity index (χ4n) is 1.30. The minimum absolute atomic E-state index is 0.0316. The molecule has 0 aliphatic rings. The van der Waals surface area contributed by atoms with Crippen LogP contribution in [-0.2, 0) is 0 Å². The number of nitrogens with zero attached hydrogens (tertiary/aromatic N) is 6. The molecule has 10 heteroatoms. The van der Waals surface area contributed by atoms with Crippen LogP contribution in [0.3, 0.4) is 0 Å². The third-order valence-corrected chi connectivity index (χ3v) is 4.54. The molecular formula is C10H13N7OS2. The van der Waals surface area contributed by atoms with Gasteiger partial charge < -0.3 is 5.32 Å². The van der Waals surface area contributed by atoms with Gasteiger partial charge in [0.25, 0.3) is 0 Å². The molecule has 0 aliphatic carbocycles. The zero-order valence-corrected chi connectivity index (χ0v) is 12.8. The molecule has 106 valence electrons. The predicted octanol–water partition coefficient (Wildman–Crippen LogP) is 1.35. The minimum atomic E-state index is -0.233. The Morgan fingerprint density at radius 2 is 2.10 bits per heavy atom. The lowest BCUT2D eigenvalue weighted by atomic mass is 10.4. The maximum atomic E-state index is 11.5. The van der Waals surface area contributed by atoms with Gasteiger partial charge in [0.1, 0.15) is 18.5 Å². The van der Waals surface area contributed by atoms with Crippen LogP contribution in [0.1, 0.15) is 18.0 Å². The molecule has 2 heterocycles. The molecule has 1 atom stereocenters. The number of urea groups is 1. The quantitative estimate of drug-likeness (QED) is 0.672. The van der Waals surface area contributed by atoms with Crippen molar-refractivity contribution >= 4 is 34.3 Å². The number of carbonyl (C=O) groups excluding carboxylic acids is 1. The van der Waals surface area contributed by atoms with Crippen LogP contribution in [0.5, 0.6) is 0 Å². The van der Waals surface area contributed by atoms with Crippen molar-refractivity contribution in [3.05, 3.63) is 18.5 Å². The average molecular weight is 311 g/mol. The van der Waals surface area contributed by atoms with Crippen molar-refractivity contribution in [1.29, 1.82) is 0 Å². The lowest BCUT2D eigenvalue weighted by Gasteiger charge is -2.11. The van der Waals surface area contributed by atoms with E-state index in [0.29, 0.717) is 11.0 Å². The third kappa shape index (κ3) is 3.39. The van der Waals surface area contributed by atoms with E-state index < -0.39 is 0 Å². The lowest BCUT2D eigenvalue weighted by Crippen LogP contribution is -2.34. The van der Waals surface area contributed by atoms with E-state index in [9.17, 15) is 4.79 Å². The Morgan fingerprint density at radius 1 is 1.40 bits per heavy atom. The molecule has 0 aromatic carbocycles. The van der Waals surface area contributed by atoms with Crippen molar-refractivity contribution in [2.24, 2.45) is 0 Å². The first-order valence-corrected chi connectivity index (χ1v) is 7.39. The SMILES string of the molecule is CNC(=O)N(C)c1nnc(SC(C)c2ncncn2)s1. The van der Waals surface area contributed by atoms with Crippen molar-refractivity contribution in [2.75, 3.05) is 19.0 Å². The van der Waals surface area contributed by atoms with E-state index in [2.05, 4.69) is 30.5 Å². The zero-order valence-electron chi connectivity index (χ0n) is 11.1. The molecule has 0 bridgehead atoms. The van der Waals surface area contributed by atoms with E-state index in [1.54, 1.807) is 14.1 Å². The summed E-state index contributed by atoms with van der Waals surface area (Å²) in [6.07, 6.45) is 2.93. The summed E-state index contributed by atoms with van der Waals surface area (Å²) in [4.78, 5) is 24.9. The van der Waals surface area contributed by atoms with Gasteiger partial charge in [0.05, 0.1) is 5.25 Å². The van der Waals surface area contributed by atoms with Crippen LogP contribution in [0.15, 0.2) is 17.0 Å². The molecule has 0 spiro atoms. The van der Waals surface area contributed by atoms with Gasteiger partial charge >= 0.3 is 6.03 Å². The summed E-state index contributed by atoms with van der Waals surface area (Å²) in [5, 5.41) is 11.1. The first-order valence-electron chi connectivity index (χ1n) is 5.69. The van der Waals surface area contributed by atoms with Gasteiger partial charge in [0.15, 0.2) is 4.34 Å². The number of rotatable bonds is 4. The summed E-state index contributed by atoms with van der Waals surface area (Å²) < 4.78 is 0.753. The molecule has 2 rings (SSSR count). The van der Waals surface area contributed by atoms with Crippen LogP contribution in [0, 0.1) is 0 Å². The molecule has 1 N–H and O–H groups in total. The number of hydrogen-bond acceptors (Lipinski definition) is 8.